The van der Waals surface area contributed by atoms with Crippen molar-refractivity contribution in [2.75, 3.05) is 13.1 Å². The summed E-state index contributed by atoms with van der Waals surface area (Å²) in [5.74, 6) is -0.690. The van der Waals surface area contributed by atoms with Gasteiger partial charge < -0.3 is 25.8 Å². The van der Waals surface area contributed by atoms with Gasteiger partial charge in [0.1, 0.15) is 12.2 Å². The largest absolute Gasteiger partial charge is 0.461 e. The van der Waals surface area contributed by atoms with Crippen LogP contribution in [0.15, 0.2) is 42.5 Å². The maximum absolute atomic E-state index is 12.3. The van der Waals surface area contributed by atoms with Gasteiger partial charge in [0.15, 0.2) is 5.11 Å². The van der Waals surface area contributed by atoms with Crippen molar-refractivity contribution in [1.82, 2.24) is 16.0 Å². The normalized spacial score (nSPS) is 12.5. The van der Waals surface area contributed by atoms with Crippen LogP contribution in [0.4, 0.5) is 4.79 Å². The van der Waals surface area contributed by atoms with E-state index in [2.05, 4.69) is 34.1 Å². The molecule has 2 aromatic rings. The summed E-state index contributed by atoms with van der Waals surface area (Å²) in [6.45, 7) is 6.47. The first-order chi connectivity index (χ1) is 18.5. The summed E-state index contributed by atoms with van der Waals surface area (Å²) in [5.41, 5.74) is 11.2. The second kappa shape index (κ2) is 14.0. The van der Waals surface area contributed by atoms with Crippen LogP contribution in [0.3, 0.4) is 0 Å². The minimum Gasteiger partial charge on any atom is -0.461 e. The first-order valence-corrected chi connectivity index (χ1v) is 13.6. The molecule has 1 aliphatic rings. The smallest absolute Gasteiger partial charge is 0.413 e. The number of amides is 2. The van der Waals surface area contributed by atoms with Gasteiger partial charge in [0.05, 0.1) is 6.04 Å². The topological polar surface area (TPSA) is 132 Å². The van der Waals surface area contributed by atoms with E-state index in [1.54, 1.807) is 20.8 Å². The third-order valence-electron chi connectivity index (χ3n) is 6.14. The summed E-state index contributed by atoms with van der Waals surface area (Å²) < 4.78 is 10.6. The van der Waals surface area contributed by atoms with Crippen molar-refractivity contribution in [2.45, 2.75) is 71.1 Å². The zero-order valence-corrected chi connectivity index (χ0v) is 23.6. The molecule has 210 valence electrons. The van der Waals surface area contributed by atoms with Gasteiger partial charge in [0.25, 0.3) is 0 Å². The fraction of sp³-hybridized carbons (Fsp3) is 0.448. The number of nitrogens with two attached hydrogens (primary N) is 1. The molecule has 0 aliphatic heterocycles. The number of rotatable bonds is 11. The van der Waals surface area contributed by atoms with Gasteiger partial charge in [-0.2, -0.15) is 0 Å². The molecule has 0 fully saturated rings. The van der Waals surface area contributed by atoms with Crippen molar-refractivity contribution >= 4 is 35.3 Å². The van der Waals surface area contributed by atoms with Gasteiger partial charge >= 0.3 is 12.1 Å². The average molecular weight is 555 g/mol. The lowest BCUT2D eigenvalue weighted by Gasteiger charge is -2.20. The molecule has 0 aromatic heterocycles. The number of unbranched alkanes of at least 4 members (excludes halogenated alkanes) is 1. The fourth-order valence-electron chi connectivity index (χ4n) is 4.23. The van der Waals surface area contributed by atoms with E-state index < -0.39 is 17.7 Å². The third-order valence-corrected chi connectivity index (χ3v) is 6.38. The van der Waals surface area contributed by atoms with Crippen molar-refractivity contribution in [1.29, 1.82) is 0 Å². The molecule has 9 nitrogen and oxygen atoms in total. The highest BCUT2D eigenvalue weighted by Crippen LogP contribution is 2.38. The maximum atomic E-state index is 12.3. The van der Waals surface area contributed by atoms with E-state index in [-0.39, 0.29) is 36.4 Å². The summed E-state index contributed by atoms with van der Waals surface area (Å²) in [5, 5.41) is 8.33. The van der Waals surface area contributed by atoms with Crippen LogP contribution in [0.1, 0.15) is 63.1 Å². The quantitative estimate of drug-likeness (QED) is 0.160. The Labute approximate surface area is 235 Å². The highest BCUT2D eigenvalue weighted by atomic mass is 32.1. The highest BCUT2D eigenvalue weighted by Gasteiger charge is 2.21. The third kappa shape index (κ3) is 9.63. The fourth-order valence-corrected chi connectivity index (χ4v) is 4.41. The lowest BCUT2D eigenvalue weighted by Crippen LogP contribution is -2.42. The summed E-state index contributed by atoms with van der Waals surface area (Å²) >= 11 is 5.06. The van der Waals surface area contributed by atoms with Crippen LogP contribution in [0.25, 0.3) is 11.1 Å². The Morgan fingerprint density at radius 1 is 1.00 bits per heavy atom. The molecule has 1 aliphatic carbocycles. The van der Waals surface area contributed by atoms with Crippen molar-refractivity contribution in [2.24, 2.45) is 5.73 Å². The van der Waals surface area contributed by atoms with Gasteiger partial charge in [-0.05, 0) is 86.5 Å². The first-order valence-electron chi connectivity index (χ1n) is 13.2. The number of esters is 1. The van der Waals surface area contributed by atoms with Crippen LogP contribution in [-0.2, 0) is 32.1 Å². The highest BCUT2D eigenvalue weighted by molar-refractivity contribution is 7.80. The summed E-state index contributed by atoms with van der Waals surface area (Å²) in [7, 11) is 0. The Morgan fingerprint density at radius 2 is 1.69 bits per heavy atom. The average Bonchev–Trinajstić information content (AvgIpc) is 3.26. The molecule has 10 heteroatoms. The number of fused-ring (bicyclic) bond motifs is 3. The molecule has 0 bridgehead atoms. The maximum Gasteiger partial charge on any atom is 0.413 e. The molecule has 2 aromatic carbocycles. The molecule has 5 N–H and O–H groups in total. The van der Waals surface area contributed by atoms with Gasteiger partial charge in [-0.1, -0.05) is 42.5 Å². The van der Waals surface area contributed by atoms with Crippen molar-refractivity contribution in [3.05, 3.63) is 59.2 Å². The van der Waals surface area contributed by atoms with Gasteiger partial charge in [0, 0.05) is 19.5 Å². The lowest BCUT2D eigenvalue weighted by molar-refractivity contribution is -0.145. The van der Waals surface area contributed by atoms with E-state index in [9.17, 15) is 14.4 Å². The van der Waals surface area contributed by atoms with Crippen LogP contribution in [-0.4, -0.2) is 47.8 Å². The Morgan fingerprint density at radius 3 is 2.44 bits per heavy atom. The lowest BCUT2D eigenvalue weighted by atomic mass is 10.0. The molecule has 1 atom stereocenters. The molecule has 39 heavy (non-hydrogen) atoms. The number of nitrogens with one attached hydrogen (secondary N) is 3. The zero-order chi connectivity index (χ0) is 28.4. The molecule has 0 radical (unpaired) electrons. The van der Waals surface area contributed by atoms with E-state index in [4.69, 9.17) is 27.4 Å². The predicted octanol–water partition coefficient (Wildman–Crippen LogP) is 3.70. The van der Waals surface area contributed by atoms with Crippen LogP contribution in [0, 0.1) is 0 Å². The molecule has 1 unspecified atom stereocenters. The Balaban J connectivity index is 1.27. The molecule has 0 saturated carbocycles. The number of carbonyl (C=O) groups excluding carboxylic acids is 3. The predicted molar refractivity (Wildman–Crippen MR) is 154 cm³/mol. The van der Waals surface area contributed by atoms with Gasteiger partial charge in [-0.25, -0.2) is 4.79 Å². The van der Waals surface area contributed by atoms with Crippen LogP contribution in [0.2, 0.25) is 0 Å². The molecule has 0 spiro atoms. The minimum absolute atomic E-state index is 0.0653. The Hall–Kier alpha value is -3.50. The molecule has 0 heterocycles. The second-order valence-electron chi connectivity index (χ2n) is 10.5. The first kappa shape index (κ1) is 30.0. The number of hydrogen-bond acceptors (Lipinski definition) is 7. The number of carbonyl (C=O) groups is 3. The van der Waals surface area contributed by atoms with E-state index in [1.807, 2.05) is 24.3 Å². The minimum atomic E-state index is -0.795. The number of ether oxygens (including phenoxy) is 2. The number of thiocarbonyl (C=S) groups is 1. The number of hydrogen-bond donors (Lipinski definition) is 4. The summed E-state index contributed by atoms with van der Waals surface area (Å²) in [6.07, 6.45) is 1.89. The van der Waals surface area contributed by atoms with Gasteiger partial charge in [-0.3, -0.25) is 14.9 Å². The van der Waals surface area contributed by atoms with E-state index in [1.165, 1.54) is 22.3 Å². The van der Waals surface area contributed by atoms with Crippen LogP contribution < -0.4 is 21.7 Å². The van der Waals surface area contributed by atoms with Gasteiger partial charge in [0.2, 0.25) is 5.91 Å². The van der Waals surface area contributed by atoms with Crippen LogP contribution in [0.5, 0.6) is 0 Å². The van der Waals surface area contributed by atoms with Crippen molar-refractivity contribution in [3.63, 3.8) is 0 Å². The van der Waals surface area contributed by atoms with E-state index in [0.29, 0.717) is 25.9 Å². The summed E-state index contributed by atoms with van der Waals surface area (Å²) in [4.78, 5) is 36.3. The Kier molecular flexibility index (Phi) is 10.8. The summed E-state index contributed by atoms with van der Waals surface area (Å²) in [6, 6.07) is 13.6. The van der Waals surface area contributed by atoms with Crippen LogP contribution >= 0.6 is 12.2 Å². The standard InChI is InChI=1S/C29H38N4O5S/c1-29(2,3)38-28(36)33-27(39)32-16-7-6-15-31-26(35)24(30)13-14-25(34)37-18-20-10-8-12-22-21-11-5-4-9-19(21)17-23(20)22/h4-5,8-12,24H,6-7,13-18,30H2,1-3H3,(H,31,35)(H2,32,33,36,39). The molecular weight excluding hydrogens is 516 g/mol. The van der Waals surface area contributed by atoms with E-state index in [0.717, 1.165) is 12.0 Å². The molecule has 0 saturated heterocycles. The number of alkyl carbamates (subject to hydrolysis) is 1. The van der Waals surface area contributed by atoms with Crippen molar-refractivity contribution in [3.8, 4) is 11.1 Å². The Bertz CT molecular complexity index is 1190. The second-order valence-corrected chi connectivity index (χ2v) is 10.9. The SMILES string of the molecule is CC(C)(C)OC(=O)NC(=S)NCCCCNC(=O)C(N)CCC(=O)OCc1cccc2c1Cc1ccccc1-2. The monoisotopic (exact) mass is 554 g/mol. The van der Waals surface area contributed by atoms with E-state index >= 15 is 0 Å². The zero-order valence-electron chi connectivity index (χ0n) is 22.8. The number of benzene rings is 2. The molecular formula is C29H38N4O5S. The molecule has 2 amide bonds. The molecule has 3 rings (SSSR count). The van der Waals surface area contributed by atoms with Crippen molar-refractivity contribution < 1.29 is 23.9 Å². The van der Waals surface area contributed by atoms with Gasteiger partial charge in [-0.15, -0.1) is 0 Å².